The van der Waals surface area contributed by atoms with Crippen molar-refractivity contribution in [2.24, 2.45) is 0 Å². The van der Waals surface area contributed by atoms with Crippen LogP contribution in [0.2, 0.25) is 0 Å². The van der Waals surface area contributed by atoms with Crippen LogP contribution in [0.1, 0.15) is 42.5 Å². The Kier molecular flexibility index (Phi) is 4.97. The summed E-state index contributed by atoms with van der Waals surface area (Å²) in [5, 5.41) is 18.8. The Bertz CT molecular complexity index is 596. The standard InChI is InChI=1S/C14H19NO5S/c16-13-5-3-1-2-4-12(13)15-21(19,20)11-8-6-10(7-9-11)14(17)18/h6-9,12-13,15-16H,1-5H2,(H,17,18). The van der Waals surface area contributed by atoms with E-state index < -0.39 is 28.1 Å². The van der Waals surface area contributed by atoms with Crippen molar-refractivity contribution in [2.45, 2.75) is 49.1 Å². The third-order valence-corrected chi connectivity index (χ3v) is 5.20. The molecule has 21 heavy (non-hydrogen) atoms. The Morgan fingerprint density at radius 2 is 1.71 bits per heavy atom. The molecule has 0 amide bonds. The van der Waals surface area contributed by atoms with Crippen LogP contribution in [0.25, 0.3) is 0 Å². The molecule has 1 aromatic rings. The lowest BCUT2D eigenvalue weighted by Gasteiger charge is -2.21. The summed E-state index contributed by atoms with van der Waals surface area (Å²) in [6.07, 6.45) is 3.27. The Labute approximate surface area is 123 Å². The SMILES string of the molecule is O=C(O)c1ccc(S(=O)(=O)NC2CCCCCC2O)cc1. The smallest absolute Gasteiger partial charge is 0.335 e. The van der Waals surface area contributed by atoms with Gasteiger partial charge in [-0.1, -0.05) is 19.3 Å². The number of carbonyl (C=O) groups is 1. The van der Waals surface area contributed by atoms with E-state index in [0.29, 0.717) is 12.8 Å². The summed E-state index contributed by atoms with van der Waals surface area (Å²) in [5.41, 5.74) is 0.0310. The van der Waals surface area contributed by atoms with Crippen molar-refractivity contribution >= 4 is 16.0 Å². The summed E-state index contributed by atoms with van der Waals surface area (Å²) in [5.74, 6) is -1.11. The van der Waals surface area contributed by atoms with Crippen molar-refractivity contribution in [1.82, 2.24) is 4.72 Å². The van der Waals surface area contributed by atoms with Gasteiger partial charge in [0.25, 0.3) is 0 Å². The molecule has 1 aliphatic rings. The highest BCUT2D eigenvalue weighted by atomic mass is 32.2. The summed E-state index contributed by atoms with van der Waals surface area (Å²) >= 11 is 0. The molecule has 0 bridgehead atoms. The van der Waals surface area contributed by atoms with E-state index in [2.05, 4.69) is 4.72 Å². The van der Waals surface area contributed by atoms with E-state index in [-0.39, 0.29) is 10.5 Å². The molecule has 3 N–H and O–H groups in total. The fourth-order valence-corrected chi connectivity index (χ4v) is 3.77. The Balaban J connectivity index is 2.15. The first-order chi connectivity index (χ1) is 9.90. The zero-order chi connectivity index (χ0) is 15.5. The molecule has 0 radical (unpaired) electrons. The molecule has 7 heteroatoms. The van der Waals surface area contributed by atoms with Gasteiger partial charge in [-0.3, -0.25) is 0 Å². The van der Waals surface area contributed by atoms with Gasteiger partial charge in [-0.25, -0.2) is 17.9 Å². The topological polar surface area (TPSA) is 104 Å². The summed E-state index contributed by atoms with van der Waals surface area (Å²) < 4.78 is 27.1. The van der Waals surface area contributed by atoms with Crippen LogP contribution < -0.4 is 4.72 Å². The van der Waals surface area contributed by atoms with Crippen molar-refractivity contribution in [3.05, 3.63) is 29.8 Å². The molecule has 0 spiro atoms. The number of carboxylic acids is 1. The van der Waals surface area contributed by atoms with E-state index >= 15 is 0 Å². The third kappa shape index (κ3) is 4.03. The average molecular weight is 313 g/mol. The fraction of sp³-hybridized carbons (Fsp3) is 0.500. The molecule has 0 saturated heterocycles. The highest BCUT2D eigenvalue weighted by Crippen LogP contribution is 2.20. The molecule has 2 atom stereocenters. The fourth-order valence-electron chi connectivity index (χ4n) is 2.47. The van der Waals surface area contributed by atoms with E-state index in [4.69, 9.17) is 5.11 Å². The molecule has 116 valence electrons. The van der Waals surface area contributed by atoms with E-state index in [1.807, 2.05) is 0 Å². The maximum absolute atomic E-state index is 12.3. The van der Waals surface area contributed by atoms with Gasteiger partial charge in [-0.05, 0) is 37.1 Å². The van der Waals surface area contributed by atoms with E-state index in [1.54, 1.807) is 0 Å². The number of aromatic carboxylic acids is 1. The average Bonchev–Trinajstić information content (AvgIpc) is 2.64. The molecule has 0 heterocycles. The minimum Gasteiger partial charge on any atom is -0.478 e. The van der Waals surface area contributed by atoms with Gasteiger partial charge in [0.2, 0.25) is 10.0 Å². The van der Waals surface area contributed by atoms with Crippen molar-refractivity contribution in [2.75, 3.05) is 0 Å². The first kappa shape index (κ1) is 15.9. The molecule has 6 nitrogen and oxygen atoms in total. The van der Waals surface area contributed by atoms with Gasteiger partial charge < -0.3 is 10.2 Å². The third-order valence-electron chi connectivity index (χ3n) is 3.70. The molecular weight excluding hydrogens is 294 g/mol. The largest absolute Gasteiger partial charge is 0.478 e. The molecule has 2 unspecified atom stereocenters. The number of hydrogen-bond acceptors (Lipinski definition) is 4. The molecule has 2 rings (SSSR count). The van der Waals surface area contributed by atoms with Crippen LogP contribution in [-0.2, 0) is 10.0 Å². The number of nitrogens with one attached hydrogen (secondary N) is 1. The first-order valence-corrected chi connectivity index (χ1v) is 8.42. The molecule has 1 aliphatic carbocycles. The Morgan fingerprint density at radius 3 is 2.33 bits per heavy atom. The number of carboxylic acid groups (broad SMARTS) is 1. The van der Waals surface area contributed by atoms with Crippen molar-refractivity contribution in [3.8, 4) is 0 Å². The number of hydrogen-bond donors (Lipinski definition) is 3. The molecular formula is C14H19NO5S. The van der Waals surface area contributed by atoms with Crippen LogP contribution >= 0.6 is 0 Å². The van der Waals surface area contributed by atoms with Gasteiger partial charge in [0.05, 0.1) is 16.6 Å². The number of sulfonamides is 1. The highest BCUT2D eigenvalue weighted by Gasteiger charge is 2.27. The second-order valence-corrected chi connectivity index (χ2v) is 6.98. The number of aliphatic hydroxyl groups excluding tert-OH is 1. The van der Waals surface area contributed by atoms with Crippen LogP contribution in [-0.4, -0.2) is 36.7 Å². The van der Waals surface area contributed by atoms with Crippen molar-refractivity contribution in [3.63, 3.8) is 0 Å². The molecule has 1 aromatic carbocycles. The van der Waals surface area contributed by atoms with Crippen molar-refractivity contribution < 1.29 is 23.4 Å². The van der Waals surface area contributed by atoms with Crippen LogP contribution in [0, 0.1) is 0 Å². The number of benzene rings is 1. The predicted molar refractivity (Wildman–Crippen MR) is 76.6 cm³/mol. The van der Waals surface area contributed by atoms with Crippen LogP contribution in [0.15, 0.2) is 29.2 Å². The van der Waals surface area contributed by atoms with Gasteiger partial charge in [-0.2, -0.15) is 0 Å². The summed E-state index contributed by atoms with van der Waals surface area (Å²) in [7, 11) is -3.75. The molecule has 1 fully saturated rings. The van der Waals surface area contributed by atoms with Crippen LogP contribution in [0.4, 0.5) is 0 Å². The number of rotatable bonds is 4. The second kappa shape index (κ2) is 6.55. The van der Waals surface area contributed by atoms with E-state index in [9.17, 15) is 18.3 Å². The zero-order valence-electron chi connectivity index (χ0n) is 11.5. The minimum atomic E-state index is -3.75. The lowest BCUT2D eigenvalue weighted by molar-refractivity contribution is 0.0696. The number of aliphatic hydroxyl groups is 1. The molecule has 0 aliphatic heterocycles. The molecule has 1 saturated carbocycles. The highest BCUT2D eigenvalue weighted by molar-refractivity contribution is 7.89. The quantitative estimate of drug-likeness (QED) is 0.728. The monoisotopic (exact) mass is 313 g/mol. The lowest BCUT2D eigenvalue weighted by atomic mass is 10.1. The zero-order valence-corrected chi connectivity index (χ0v) is 12.3. The van der Waals surface area contributed by atoms with Gasteiger partial charge in [0, 0.05) is 6.04 Å². The molecule has 0 aromatic heterocycles. The predicted octanol–water partition coefficient (Wildman–Crippen LogP) is 1.36. The van der Waals surface area contributed by atoms with E-state index in [0.717, 1.165) is 19.3 Å². The second-order valence-electron chi connectivity index (χ2n) is 5.26. The Morgan fingerprint density at radius 1 is 1.10 bits per heavy atom. The normalized spacial score (nSPS) is 23.5. The summed E-state index contributed by atoms with van der Waals surface area (Å²) in [6, 6.07) is 4.53. The van der Waals surface area contributed by atoms with Gasteiger partial charge in [-0.15, -0.1) is 0 Å². The first-order valence-electron chi connectivity index (χ1n) is 6.94. The lowest BCUT2D eigenvalue weighted by Crippen LogP contribution is -2.42. The maximum Gasteiger partial charge on any atom is 0.335 e. The Hall–Kier alpha value is -1.44. The summed E-state index contributed by atoms with van der Waals surface area (Å²) in [4.78, 5) is 10.8. The van der Waals surface area contributed by atoms with Gasteiger partial charge in [0.15, 0.2) is 0 Å². The minimum absolute atomic E-state index is 0.00365. The van der Waals surface area contributed by atoms with E-state index in [1.165, 1.54) is 24.3 Å². The van der Waals surface area contributed by atoms with Crippen molar-refractivity contribution in [1.29, 1.82) is 0 Å². The van der Waals surface area contributed by atoms with Gasteiger partial charge >= 0.3 is 5.97 Å². The van der Waals surface area contributed by atoms with Gasteiger partial charge in [0.1, 0.15) is 0 Å². The summed E-state index contributed by atoms with van der Waals surface area (Å²) in [6.45, 7) is 0. The maximum atomic E-state index is 12.3. The van der Waals surface area contributed by atoms with Crippen LogP contribution in [0.5, 0.6) is 0 Å². The van der Waals surface area contributed by atoms with Crippen LogP contribution in [0.3, 0.4) is 0 Å².